The van der Waals surface area contributed by atoms with E-state index in [0.717, 1.165) is 22.9 Å². The molecular formula is C12H15BrFN3O3S. The van der Waals surface area contributed by atoms with Gasteiger partial charge in [-0.1, -0.05) is 6.42 Å². The molecule has 4 N–H and O–H groups in total. The van der Waals surface area contributed by atoms with Gasteiger partial charge in [0.1, 0.15) is 16.8 Å². The zero-order valence-electron chi connectivity index (χ0n) is 11.1. The van der Waals surface area contributed by atoms with Crippen LogP contribution in [0.5, 0.6) is 0 Å². The van der Waals surface area contributed by atoms with Gasteiger partial charge in [0.2, 0.25) is 15.9 Å². The third-order valence-electron chi connectivity index (χ3n) is 3.42. The first kappa shape index (κ1) is 16.2. The Morgan fingerprint density at radius 1 is 1.38 bits per heavy atom. The Morgan fingerprint density at radius 2 is 2.05 bits per heavy atom. The standard InChI is InChI=1S/C12H15BrFN3O3S/c13-7-5-11(9(15)6-8(7)14)21(19,20)17-4-2-1-3-10(17)12(16)18/h5-6,10H,1-4,15H2,(H2,16,18). The first-order chi connectivity index (χ1) is 9.75. The summed E-state index contributed by atoms with van der Waals surface area (Å²) in [6, 6.07) is 1.14. The van der Waals surface area contributed by atoms with Gasteiger partial charge >= 0.3 is 0 Å². The second-order valence-electron chi connectivity index (χ2n) is 4.83. The van der Waals surface area contributed by atoms with Crippen LogP contribution in [-0.2, 0) is 14.8 Å². The summed E-state index contributed by atoms with van der Waals surface area (Å²) in [6.45, 7) is 0.185. The number of rotatable bonds is 3. The minimum Gasteiger partial charge on any atom is -0.398 e. The topological polar surface area (TPSA) is 106 Å². The molecule has 1 aliphatic rings. The number of sulfonamides is 1. The number of halogens is 2. The molecule has 1 unspecified atom stereocenters. The Kier molecular flexibility index (Phi) is 4.54. The lowest BCUT2D eigenvalue weighted by atomic mass is 10.0. The van der Waals surface area contributed by atoms with Crippen molar-refractivity contribution in [3.8, 4) is 0 Å². The number of hydrogen-bond donors (Lipinski definition) is 2. The van der Waals surface area contributed by atoms with Crippen molar-refractivity contribution in [2.75, 3.05) is 12.3 Å². The van der Waals surface area contributed by atoms with Crippen molar-refractivity contribution >= 4 is 37.5 Å². The second-order valence-corrected chi connectivity index (χ2v) is 7.55. The molecule has 1 aliphatic heterocycles. The summed E-state index contributed by atoms with van der Waals surface area (Å²) in [5, 5.41) is 0. The maximum absolute atomic E-state index is 13.4. The molecule has 0 aromatic heterocycles. The molecule has 1 aromatic rings. The monoisotopic (exact) mass is 379 g/mol. The zero-order chi connectivity index (χ0) is 15.8. The number of carbonyl (C=O) groups excluding carboxylic acids is 1. The number of nitrogen functional groups attached to an aromatic ring is 1. The first-order valence-electron chi connectivity index (χ1n) is 6.31. The number of carbonyl (C=O) groups is 1. The predicted molar refractivity (Wildman–Crippen MR) is 79.2 cm³/mol. The Balaban J connectivity index is 2.50. The lowest BCUT2D eigenvalue weighted by Gasteiger charge is -2.32. The van der Waals surface area contributed by atoms with E-state index in [1.807, 2.05) is 0 Å². The van der Waals surface area contributed by atoms with Crippen LogP contribution in [0.3, 0.4) is 0 Å². The van der Waals surface area contributed by atoms with Crippen molar-refractivity contribution in [3.05, 3.63) is 22.4 Å². The average Bonchev–Trinajstić information content (AvgIpc) is 2.42. The van der Waals surface area contributed by atoms with Crippen molar-refractivity contribution in [3.63, 3.8) is 0 Å². The van der Waals surface area contributed by atoms with Crippen LogP contribution in [0.15, 0.2) is 21.5 Å². The third-order valence-corrected chi connectivity index (χ3v) is 5.99. The highest BCUT2D eigenvalue weighted by atomic mass is 79.9. The molecule has 1 heterocycles. The van der Waals surface area contributed by atoms with Crippen LogP contribution in [0.2, 0.25) is 0 Å². The van der Waals surface area contributed by atoms with Crippen molar-refractivity contribution in [1.29, 1.82) is 0 Å². The molecular weight excluding hydrogens is 365 g/mol. The molecule has 21 heavy (non-hydrogen) atoms. The highest BCUT2D eigenvalue weighted by Crippen LogP contribution is 2.31. The van der Waals surface area contributed by atoms with E-state index in [2.05, 4.69) is 15.9 Å². The second kappa shape index (κ2) is 5.90. The molecule has 1 saturated heterocycles. The van der Waals surface area contributed by atoms with Crippen LogP contribution < -0.4 is 11.5 Å². The molecule has 1 aromatic carbocycles. The van der Waals surface area contributed by atoms with E-state index in [9.17, 15) is 17.6 Å². The molecule has 0 spiro atoms. The van der Waals surface area contributed by atoms with Crippen molar-refractivity contribution in [1.82, 2.24) is 4.31 Å². The van der Waals surface area contributed by atoms with E-state index in [0.29, 0.717) is 12.8 Å². The predicted octanol–water partition coefficient (Wildman–Crippen LogP) is 1.20. The summed E-state index contributed by atoms with van der Waals surface area (Å²) in [4.78, 5) is 11.2. The van der Waals surface area contributed by atoms with Crippen LogP contribution in [0.1, 0.15) is 19.3 Å². The quantitative estimate of drug-likeness (QED) is 0.769. The van der Waals surface area contributed by atoms with E-state index < -0.39 is 27.8 Å². The fourth-order valence-corrected chi connectivity index (χ4v) is 4.66. The van der Waals surface area contributed by atoms with Gasteiger partial charge < -0.3 is 11.5 Å². The maximum Gasteiger partial charge on any atom is 0.245 e. The van der Waals surface area contributed by atoms with Gasteiger partial charge in [-0.2, -0.15) is 4.31 Å². The minimum absolute atomic E-state index is 0.0112. The molecule has 0 radical (unpaired) electrons. The molecule has 6 nitrogen and oxygen atoms in total. The molecule has 1 fully saturated rings. The van der Waals surface area contributed by atoms with Gasteiger partial charge in [-0.15, -0.1) is 0 Å². The van der Waals surface area contributed by atoms with E-state index >= 15 is 0 Å². The van der Waals surface area contributed by atoms with Gasteiger partial charge in [0.15, 0.2) is 0 Å². The number of piperidine rings is 1. The van der Waals surface area contributed by atoms with E-state index in [1.54, 1.807) is 0 Å². The lowest BCUT2D eigenvalue weighted by molar-refractivity contribution is -0.122. The SMILES string of the molecule is NC(=O)C1CCCCN1S(=O)(=O)c1cc(Br)c(F)cc1N. The Bertz CT molecular complexity index is 681. The number of nitrogens with zero attached hydrogens (tertiary/aromatic N) is 1. The summed E-state index contributed by atoms with van der Waals surface area (Å²) >= 11 is 2.94. The number of hydrogen-bond acceptors (Lipinski definition) is 4. The van der Waals surface area contributed by atoms with Crippen LogP contribution in [-0.4, -0.2) is 31.2 Å². The number of amides is 1. The van der Waals surface area contributed by atoms with E-state index in [4.69, 9.17) is 11.5 Å². The fourth-order valence-electron chi connectivity index (χ4n) is 2.37. The third kappa shape index (κ3) is 3.04. The summed E-state index contributed by atoms with van der Waals surface area (Å²) in [6.07, 6.45) is 1.73. The zero-order valence-corrected chi connectivity index (χ0v) is 13.5. The van der Waals surface area contributed by atoms with Crippen LogP contribution >= 0.6 is 15.9 Å². The number of primary amides is 1. The summed E-state index contributed by atoms with van der Waals surface area (Å²) in [5.74, 6) is -1.35. The summed E-state index contributed by atoms with van der Waals surface area (Å²) in [5.41, 5.74) is 10.7. The van der Waals surface area contributed by atoms with Gasteiger partial charge in [-0.3, -0.25) is 4.79 Å². The van der Waals surface area contributed by atoms with Gasteiger partial charge in [-0.05, 0) is 40.9 Å². The van der Waals surface area contributed by atoms with Crippen LogP contribution in [0, 0.1) is 5.82 Å². The molecule has 0 saturated carbocycles. The first-order valence-corrected chi connectivity index (χ1v) is 8.54. The van der Waals surface area contributed by atoms with E-state index in [1.165, 1.54) is 0 Å². The van der Waals surface area contributed by atoms with Gasteiger partial charge in [0, 0.05) is 6.54 Å². The Hall–Kier alpha value is -1.19. The molecule has 0 bridgehead atoms. The largest absolute Gasteiger partial charge is 0.398 e. The van der Waals surface area contributed by atoms with Crippen LogP contribution in [0.4, 0.5) is 10.1 Å². The van der Waals surface area contributed by atoms with E-state index in [-0.39, 0.29) is 21.6 Å². The van der Waals surface area contributed by atoms with Crippen molar-refractivity contribution < 1.29 is 17.6 Å². The summed E-state index contributed by atoms with van der Waals surface area (Å²) < 4.78 is 39.8. The smallest absolute Gasteiger partial charge is 0.245 e. The molecule has 2 rings (SSSR count). The highest BCUT2D eigenvalue weighted by Gasteiger charge is 2.37. The van der Waals surface area contributed by atoms with Crippen LogP contribution in [0.25, 0.3) is 0 Å². The molecule has 116 valence electrons. The van der Waals surface area contributed by atoms with Crippen molar-refractivity contribution in [2.24, 2.45) is 5.73 Å². The van der Waals surface area contributed by atoms with Gasteiger partial charge in [-0.25, -0.2) is 12.8 Å². The fraction of sp³-hybridized carbons (Fsp3) is 0.417. The Labute approximate surface area is 130 Å². The molecule has 0 aliphatic carbocycles. The minimum atomic E-state index is -4.02. The lowest BCUT2D eigenvalue weighted by Crippen LogP contribution is -2.50. The van der Waals surface area contributed by atoms with Crippen molar-refractivity contribution in [2.45, 2.75) is 30.2 Å². The number of anilines is 1. The number of benzene rings is 1. The molecule has 1 atom stereocenters. The maximum atomic E-state index is 13.4. The number of nitrogens with two attached hydrogens (primary N) is 2. The highest BCUT2D eigenvalue weighted by molar-refractivity contribution is 9.10. The summed E-state index contributed by atoms with van der Waals surface area (Å²) in [7, 11) is -4.02. The Morgan fingerprint density at radius 3 is 2.67 bits per heavy atom. The molecule has 1 amide bonds. The average molecular weight is 380 g/mol. The van der Waals surface area contributed by atoms with Gasteiger partial charge in [0.05, 0.1) is 10.2 Å². The molecule has 9 heteroatoms. The van der Waals surface area contributed by atoms with Gasteiger partial charge in [0.25, 0.3) is 0 Å². The normalized spacial score (nSPS) is 20.4.